The molecule has 0 saturated carbocycles. The fraction of sp³-hybridized carbons (Fsp3) is 0.233. The molecule has 1 aromatic heterocycles. The Hall–Kier alpha value is -3.63. The van der Waals surface area contributed by atoms with E-state index in [2.05, 4.69) is 71.8 Å². The second-order valence-electron chi connectivity index (χ2n) is 8.97. The van der Waals surface area contributed by atoms with Gasteiger partial charge in [0.2, 0.25) is 0 Å². The van der Waals surface area contributed by atoms with Gasteiger partial charge in [-0.25, -0.2) is 4.79 Å². The number of hydrogen-bond acceptors (Lipinski definition) is 4. The lowest BCUT2D eigenvalue weighted by Gasteiger charge is -2.36. The van der Waals surface area contributed by atoms with E-state index in [1.807, 2.05) is 30.3 Å². The molecule has 0 atom stereocenters. The van der Waals surface area contributed by atoms with Crippen molar-refractivity contribution >= 4 is 22.7 Å². The lowest BCUT2D eigenvalue weighted by atomic mass is 10.00. The summed E-state index contributed by atoms with van der Waals surface area (Å²) < 4.78 is 5.61. The van der Waals surface area contributed by atoms with Gasteiger partial charge in [0, 0.05) is 24.0 Å². The van der Waals surface area contributed by atoms with Gasteiger partial charge in [-0.2, -0.15) is 0 Å². The third-order valence-corrected chi connectivity index (χ3v) is 6.58. The molecule has 4 aromatic rings. The summed E-state index contributed by atoms with van der Waals surface area (Å²) in [6.07, 6.45) is 6.43. The van der Waals surface area contributed by atoms with Crippen molar-refractivity contribution in [2.45, 2.75) is 25.8 Å². The van der Waals surface area contributed by atoms with Crippen LogP contribution >= 0.6 is 0 Å². The minimum absolute atomic E-state index is 0.309. The van der Waals surface area contributed by atoms with Gasteiger partial charge in [0.15, 0.2) is 0 Å². The zero-order chi connectivity index (χ0) is 23.3. The standard InChI is InChI=1S/C30H30N2O2/c1-22-9-11-24(12-10-22)25-13-14-29-27(20-25)28(21-30(33)34-29)32(26-15-17-31-18-16-26)19-5-8-23-6-3-2-4-7-23/h2-14,20-21,26,31H,15-19H2,1H3/b8-5+. The first-order valence-electron chi connectivity index (χ1n) is 12.0. The van der Waals surface area contributed by atoms with Gasteiger partial charge in [0.1, 0.15) is 5.58 Å². The van der Waals surface area contributed by atoms with Crippen molar-refractivity contribution in [2.75, 3.05) is 24.5 Å². The molecule has 2 heterocycles. The molecule has 4 nitrogen and oxygen atoms in total. The first-order valence-corrected chi connectivity index (χ1v) is 12.0. The molecule has 0 unspecified atom stereocenters. The van der Waals surface area contributed by atoms with Crippen LogP contribution in [0.25, 0.3) is 28.2 Å². The predicted molar refractivity (Wildman–Crippen MR) is 141 cm³/mol. The van der Waals surface area contributed by atoms with Crippen LogP contribution in [0.3, 0.4) is 0 Å². The average molecular weight is 451 g/mol. The third-order valence-electron chi connectivity index (χ3n) is 6.58. The molecule has 0 amide bonds. The molecule has 4 heteroatoms. The summed E-state index contributed by atoms with van der Waals surface area (Å²) in [5, 5.41) is 4.44. The number of fused-ring (bicyclic) bond motifs is 1. The van der Waals surface area contributed by atoms with Crippen LogP contribution < -0.4 is 15.8 Å². The quantitative estimate of drug-likeness (QED) is 0.364. The van der Waals surface area contributed by atoms with E-state index in [4.69, 9.17) is 4.42 Å². The van der Waals surface area contributed by atoms with Crippen LogP contribution in [0.4, 0.5) is 5.69 Å². The first-order chi connectivity index (χ1) is 16.7. The molecule has 172 valence electrons. The third kappa shape index (κ3) is 4.97. The van der Waals surface area contributed by atoms with Crippen LogP contribution in [-0.2, 0) is 0 Å². The molecule has 1 saturated heterocycles. The second-order valence-corrected chi connectivity index (χ2v) is 8.97. The van der Waals surface area contributed by atoms with E-state index in [-0.39, 0.29) is 5.63 Å². The van der Waals surface area contributed by atoms with Crippen LogP contribution in [0.2, 0.25) is 0 Å². The van der Waals surface area contributed by atoms with Gasteiger partial charge in [0.05, 0.1) is 5.69 Å². The maximum absolute atomic E-state index is 12.6. The van der Waals surface area contributed by atoms with E-state index >= 15 is 0 Å². The zero-order valence-electron chi connectivity index (χ0n) is 19.5. The fourth-order valence-corrected chi connectivity index (χ4v) is 4.74. The van der Waals surface area contributed by atoms with Crippen LogP contribution in [0, 0.1) is 6.92 Å². The van der Waals surface area contributed by atoms with Crippen molar-refractivity contribution in [2.24, 2.45) is 0 Å². The van der Waals surface area contributed by atoms with Crippen molar-refractivity contribution in [1.29, 1.82) is 0 Å². The molecule has 0 aliphatic carbocycles. The smallest absolute Gasteiger partial charge is 0.338 e. The molecule has 0 spiro atoms. The topological polar surface area (TPSA) is 45.5 Å². The summed E-state index contributed by atoms with van der Waals surface area (Å²) in [6, 6.07) is 27.0. The molecule has 1 fully saturated rings. The number of benzene rings is 3. The van der Waals surface area contributed by atoms with Gasteiger partial charge in [-0.05, 0) is 61.7 Å². The number of rotatable bonds is 6. The Bertz CT molecular complexity index is 1330. The fourth-order valence-electron chi connectivity index (χ4n) is 4.74. The lowest BCUT2D eigenvalue weighted by Crippen LogP contribution is -2.43. The maximum Gasteiger partial charge on any atom is 0.338 e. The Kier molecular flexibility index (Phi) is 6.59. The number of aryl methyl sites for hydroxylation is 1. The van der Waals surface area contributed by atoms with E-state index in [1.165, 1.54) is 11.1 Å². The molecular formula is C30H30N2O2. The highest BCUT2D eigenvalue weighted by atomic mass is 16.4. The van der Waals surface area contributed by atoms with Crippen LogP contribution in [0.1, 0.15) is 24.0 Å². The lowest BCUT2D eigenvalue weighted by molar-refractivity contribution is 0.437. The SMILES string of the molecule is Cc1ccc(-c2ccc3oc(=O)cc(N(C/C=C/c4ccccc4)C4CCNCC4)c3c2)cc1. The molecule has 1 aliphatic heterocycles. The average Bonchev–Trinajstić information content (AvgIpc) is 2.88. The second kappa shape index (κ2) is 10.1. The number of nitrogens with zero attached hydrogens (tertiary/aromatic N) is 1. The summed E-state index contributed by atoms with van der Waals surface area (Å²) in [5.41, 5.74) is 5.95. The number of anilines is 1. The Morgan fingerprint density at radius 1 is 0.941 bits per heavy atom. The summed E-state index contributed by atoms with van der Waals surface area (Å²) in [7, 11) is 0. The molecule has 3 aromatic carbocycles. The van der Waals surface area contributed by atoms with Gasteiger partial charge >= 0.3 is 5.63 Å². The van der Waals surface area contributed by atoms with E-state index in [1.54, 1.807) is 6.07 Å². The monoisotopic (exact) mass is 450 g/mol. The van der Waals surface area contributed by atoms with Crippen LogP contribution in [-0.4, -0.2) is 25.7 Å². The van der Waals surface area contributed by atoms with E-state index in [9.17, 15) is 4.79 Å². The van der Waals surface area contributed by atoms with Crippen molar-refractivity contribution in [3.05, 3.63) is 106 Å². The van der Waals surface area contributed by atoms with Gasteiger partial charge in [0.25, 0.3) is 0 Å². The highest BCUT2D eigenvalue weighted by Crippen LogP contribution is 2.32. The maximum atomic E-state index is 12.6. The van der Waals surface area contributed by atoms with E-state index < -0.39 is 0 Å². The highest BCUT2D eigenvalue weighted by molar-refractivity contribution is 5.93. The number of hydrogen-bond donors (Lipinski definition) is 1. The highest BCUT2D eigenvalue weighted by Gasteiger charge is 2.23. The van der Waals surface area contributed by atoms with Gasteiger partial charge < -0.3 is 14.6 Å². The van der Waals surface area contributed by atoms with E-state index in [0.717, 1.165) is 54.7 Å². The molecule has 1 N–H and O–H groups in total. The largest absolute Gasteiger partial charge is 0.423 e. The number of nitrogens with one attached hydrogen (secondary N) is 1. The van der Waals surface area contributed by atoms with Gasteiger partial charge in [-0.15, -0.1) is 0 Å². The predicted octanol–water partition coefficient (Wildman–Crippen LogP) is 6.04. The summed E-state index contributed by atoms with van der Waals surface area (Å²) in [4.78, 5) is 14.9. The van der Waals surface area contributed by atoms with Crippen LogP contribution in [0.5, 0.6) is 0 Å². The molecule has 0 bridgehead atoms. The Balaban J connectivity index is 1.57. The Morgan fingerprint density at radius 3 is 2.44 bits per heavy atom. The molecule has 34 heavy (non-hydrogen) atoms. The summed E-state index contributed by atoms with van der Waals surface area (Å²) in [5.74, 6) is 0. The molecule has 5 rings (SSSR count). The molecule has 1 aliphatic rings. The zero-order valence-corrected chi connectivity index (χ0v) is 19.5. The Morgan fingerprint density at radius 2 is 1.68 bits per heavy atom. The van der Waals surface area contributed by atoms with Crippen molar-refractivity contribution in [3.63, 3.8) is 0 Å². The van der Waals surface area contributed by atoms with Gasteiger partial charge in [-0.1, -0.05) is 78.4 Å². The first kappa shape index (κ1) is 22.2. The number of piperidine rings is 1. The van der Waals surface area contributed by atoms with Crippen molar-refractivity contribution in [1.82, 2.24) is 5.32 Å². The summed E-state index contributed by atoms with van der Waals surface area (Å²) in [6.45, 7) is 4.79. The van der Waals surface area contributed by atoms with Gasteiger partial charge in [-0.3, -0.25) is 0 Å². The minimum atomic E-state index is -0.309. The molecule has 0 radical (unpaired) electrons. The normalized spacial score (nSPS) is 14.6. The van der Waals surface area contributed by atoms with Crippen molar-refractivity contribution in [3.8, 4) is 11.1 Å². The minimum Gasteiger partial charge on any atom is -0.423 e. The summed E-state index contributed by atoms with van der Waals surface area (Å²) >= 11 is 0. The van der Waals surface area contributed by atoms with Crippen molar-refractivity contribution < 1.29 is 4.42 Å². The van der Waals surface area contributed by atoms with Crippen LogP contribution in [0.15, 0.2) is 94.2 Å². The molecular weight excluding hydrogens is 420 g/mol. The Labute approximate surface area is 200 Å². The van der Waals surface area contributed by atoms with E-state index in [0.29, 0.717) is 11.6 Å².